The lowest BCUT2D eigenvalue weighted by Crippen LogP contribution is -2.29. The van der Waals surface area contributed by atoms with Crippen LogP contribution in [0, 0.1) is 0 Å². The predicted molar refractivity (Wildman–Crippen MR) is 75.9 cm³/mol. The van der Waals surface area contributed by atoms with E-state index < -0.39 is 0 Å². The smallest absolute Gasteiger partial charge is 0.0949 e. The summed E-state index contributed by atoms with van der Waals surface area (Å²) in [4.78, 5) is 0. The maximum Gasteiger partial charge on any atom is 0.0949 e. The second-order valence-corrected chi connectivity index (χ2v) is 5.48. The zero-order valence-corrected chi connectivity index (χ0v) is 11.8. The normalized spacial score (nSPS) is 25.1. The van der Waals surface area contributed by atoms with Gasteiger partial charge >= 0.3 is 0 Å². The van der Waals surface area contributed by atoms with E-state index in [1.807, 2.05) is 0 Å². The molecular formula is C16H25NO. The molecule has 1 fully saturated rings. The van der Waals surface area contributed by atoms with Gasteiger partial charge in [0.25, 0.3) is 0 Å². The molecule has 1 heterocycles. The van der Waals surface area contributed by atoms with Crippen molar-refractivity contribution in [1.82, 2.24) is 5.32 Å². The maximum atomic E-state index is 5.96. The van der Waals surface area contributed by atoms with Crippen LogP contribution < -0.4 is 5.32 Å². The Morgan fingerprint density at radius 1 is 1.28 bits per heavy atom. The molecule has 2 unspecified atom stereocenters. The van der Waals surface area contributed by atoms with E-state index in [-0.39, 0.29) is 6.10 Å². The zero-order valence-electron chi connectivity index (χ0n) is 11.8. The zero-order chi connectivity index (χ0) is 13.0. The van der Waals surface area contributed by atoms with Crippen molar-refractivity contribution in [2.45, 2.75) is 51.7 Å². The van der Waals surface area contributed by atoms with Crippen molar-refractivity contribution in [2.75, 3.05) is 13.2 Å². The number of rotatable bonds is 3. The summed E-state index contributed by atoms with van der Waals surface area (Å²) in [5, 5.41) is 3.59. The lowest BCUT2D eigenvalue weighted by atomic mass is 10.00. The van der Waals surface area contributed by atoms with Crippen LogP contribution in [-0.2, 0) is 4.74 Å². The lowest BCUT2D eigenvalue weighted by Gasteiger charge is -2.17. The van der Waals surface area contributed by atoms with Crippen LogP contribution >= 0.6 is 0 Å². The Morgan fingerprint density at radius 3 is 2.61 bits per heavy atom. The molecular weight excluding hydrogens is 222 g/mol. The van der Waals surface area contributed by atoms with Crippen LogP contribution in [0.2, 0.25) is 0 Å². The molecule has 0 saturated carbocycles. The molecule has 1 aliphatic rings. The van der Waals surface area contributed by atoms with Gasteiger partial charge in [0, 0.05) is 19.2 Å². The molecule has 1 aromatic carbocycles. The van der Waals surface area contributed by atoms with Gasteiger partial charge in [-0.3, -0.25) is 0 Å². The number of benzene rings is 1. The van der Waals surface area contributed by atoms with E-state index >= 15 is 0 Å². The van der Waals surface area contributed by atoms with Gasteiger partial charge in [-0.05, 0) is 29.9 Å². The van der Waals surface area contributed by atoms with Crippen LogP contribution in [0.3, 0.4) is 0 Å². The molecule has 0 aromatic heterocycles. The van der Waals surface area contributed by atoms with E-state index in [4.69, 9.17) is 4.74 Å². The van der Waals surface area contributed by atoms with Gasteiger partial charge in [-0.15, -0.1) is 0 Å². The summed E-state index contributed by atoms with van der Waals surface area (Å²) in [6.07, 6.45) is 2.52. The van der Waals surface area contributed by atoms with Crippen LogP contribution in [0.4, 0.5) is 0 Å². The molecule has 0 amide bonds. The minimum Gasteiger partial charge on any atom is -0.372 e. The first-order valence-corrected chi connectivity index (χ1v) is 7.15. The molecule has 2 heteroatoms. The second kappa shape index (κ2) is 6.35. The van der Waals surface area contributed by atoms with Crippen molar-refractivity contribution in [2.24, 2.45) is 0 Å². The van der Waals surface area contributed by atoms with Crippen molar-refractivity contribution < 1.29 is 4.74 Å². The van der Waals surface area contributed by atoms with Crippen molar-refractivity contribution in [3.8, 4) is 0 Å². The molecule has 2 nitrogen and oxygen atoms in total. The van der Waals surface area contributed by atoms with Gasteiger partial charge in [0.2, 0.25) is 0 Å². The van der Waals surface area contributed by atoms with E-state index in [0.717, 1.165) is 19.6 Å². The van der Waals surface area contributed by atoms with Crippen LogP contribution in [0.25, 0.3) is 0 Å². The fraction of sp³-hybridized carbons (Fsp3) is 0.625. The fourth-order valence-electron chi connectivity index (χ4n) is 2.45. The third-order valence-corrected chi connectivity index (χ3v) is 3.84. The van der Waals surface area contributed by atoms with Crippen LogP contribution in [-0.4, -0.2) is 19.2 Å². The van der Waals surface area contributed by atoms with Gasteiger partial charge < -0.3 is 10.1 Å². The van der Waals surface area contributed by atoms with E-state index in [1.54, 1.807) is 0 Å². The van der Waals surface area contributed by atoms with Crippen molar-refractivity contribution in [1.29, 1.82) is 0 Å². The van der Waals surface area contributed by atoms with E-state index in [0.29, 0.717) is 12.0 Å². The molecule has 100 valence electrons. The SMILES string of the molecule is CCC1CCOC(c2ccc(C(C)C)cc2)CN1. The van der Waals surface area contributed by atoms with E-state index in [1.165, 1.54) is 17.5 Å². The highest BCUT2D eigenvalue weighted by molar-refractivity contribution is 5.26. The molecule has 1 N–H and O–H groups in total. The third-order valence-electron chi connectivity index (χ3n) is 3.84. The summed E-state index contributed by atoms with van der Waals surface area (Å²) in [5.74, 6) is 0.594. The molecule has 0 aliphatic carbocycles. The number of hydrogen-bond donors (Lipinski definition) is 1. The van der Waals surface area contributed by atoms with Crippen LogP contribution in [0.5, 0.6) is 0 Å². The minimum atomic E-state index is 0.211. The van der Waals surface area contributed by atoms with Crippen LogP contribution in [0.15, 0.2) is 24.3 Å². The van der Waals surface area contributed by atoms with Crippen molar-refractivity contribution >= 4 is 0 Å². The summed E-state index contributed by atoms with van der Waals surface area (Å²) in [6, 6.07) is 9.50. The Bertz CT molecular complexity index is 358. The summed E-state index contributed by atoms with van der Waals surface area (Å²) in [7, 11) is 0. The lowest BCUT2D eigenvalue weighted by molar-refractivity contribution is 0.0663. The summed E-state index contributed by atoms with van der Waals surface area (Å²) < 4.78 is 5.96. The third kappa shape index (κ3) is 3.33. The molecule has 0 spiro atoms. The molecule has 0 radical (unpaired) electrons. The van der Waals surface area contributed by atoms with Crippen LogP contribution in [0.1, 0.15) is 56.8 Å². The average molecular weight is 247 g/mol. The summed E-state index contributed by atoms with van der Waals surface area (Å²) >= 11 is 0. The topological polar surface area (TPSA) is 21.3 Å². The number of ether oxygens (including phenoxy) is 1. The monoisotopic (exact) mass is 247 g/mol. The Labute approximate surface area is 111 Å². The van der Waals surface area contributed by atoms with E-state index in [2.05, 4.69) is 50.4 Å². The maximum absolute atomic E-state index is 5.96. The largest absolute Gasteiger partial charge is 0.372 e. The first kappa shape index (κ1) is 13.6. The Balaban J connectivity index is 2.02. The molecule has 18 heavy (non-hydrogen) atoms. The average Bonchev–Trinajstić information content (AvgIpc) is 2.64. The highest BCUT2D eigenvalue weighted by Crippen LogP contribution is 2.23. The first-order chi connectivity index (χ1) is 8.70. The summed E-state index contributed by atoms with van der Waals surface area (Å²) in [5.41, 5.74) is 2.69. The van der Waals surface area contributed by atoms with Gasteiger partial charge in [0.1, 0.15) is 0 Å². The van der Waals surface area contributed by atoms with Crippen molar-refractivity contribution in [3.05, 3.63) is 35.4 Å². The van der Waals surface area contributed by atoms with Crippen molar-refractivity contribution in [3.63, 3.8) is 0 Å². The molecule has 1 aromatic rings. The highest BCUT2D eigenvalue weighted by atomic mass is 16.5. The van der Waals surface area contributed by atoms with Gasteiger partial charge in [-0.2, -0.15) is 0 Å². The highest BCUT2D eigenvalue weighted by Gasteiger charge is 2.18. The van der Waals surface area contributed by atoms with Gasteiger partial charge in [0.15, 0.2) is 0 Å². The molecule has 1 saturated heterocycles. The molecule has 1 aliphatic heterocycles. The minimum absolute atomic E-state index is 0.211. The Morgan fingerprint density at radius 2 is 2.00 bits per heavy atom. The Kier molecular flexibility index (Phi) is 4.79. The Hall–Kier alpha value is -0.860. The van der Waals surface area contributed by atoms with Gasteiger partial charge in [-0.1, -0.05) is 45.0 Å². The van der Waals surface area contributed by atoms with E-state index in [9.17, 15) is 0 Å². The molecule has 2 atom stereocenters. The van der Waals surface area contributed by atoms with Gasteiger partial charge in [-0.25, -0.2) is 0 Å². The number of hydrogen-bond acceptors (Lipinski definition) is 2. The van der Waals surface area contributed by atoms with Gasteiger partial charge in [0.05, 0.1) is 6.10 Å². The predicted octanol–water partition coefficient (Wildman–Crippen LogP) is 3.64. The fourth-order valence-corrected chi connectivity index (χ4v) is 2.45. The standard InChI is InChI=1S/C16H25NO/c1-4-15-9-10-18-16(11-17-15)14-7-5-13(6-8-14)12(2)3/h5-8,12,15-17H,4,9-11H2,1-3H3. The summed E-state index contributed by atoms with van der Waals surface area (Å²) in [6.45, 7) is 8.48. The molecule has 0 bridgehead atoms. The first-order valence-electron chi connectivity index (χ1n) is 7.15. The quantitative estimate of drug-likeness (QED) is 0.880. The second-order valence-electron chi connectivity index (χ2n) is 5.48. The molecule has 2 rings (SSSR count). The number of nitrogens with one attached hydrogen (secondary N) is 1.